The molecule has 0 spiro atoms. The number of nitrogens with one attached hydrogen (secondary N) is 2. The van der Waals surface area contributed by atoms with Crippen molar-refractivity contribution in [1.82, 2.24) is 5.32 Å². The molecule has 3 atom stereocenters. The third kappa shape index (κ3) is 2.33. The van der Waals surface area contributed by atoms with Gasteiger partial charge in [-0.2, -0.15) is 0 Å². The molecule has 1 aromatic carbocycles. The van der Waals surface area contributed by atoms with Crippen molar-refractivity contribution in [3.8, 4) is 0 Å². The molecule has 0 saturated heterocycles. The van der Waals surface area contributed by atoms with Crippen LogP contribution in [0.4, 0.5) is 5.69 Å². The Kier molecular flexibility index (Phi) is 2.98. The molecule has 4 rings (SSSR count). The number of amides is 2. The van der Waals surface area contributed by atoms with E-state index < -0.39 is 0 Å². The van der Waals surface area contributed by atoms with E-state index in [4.69, 9.17) is 0 Å². The maximum atomic E-state index is 12.3. The van der Waals surface area contributed by atoms with Gasteiger partial charge in [0.15, 0.2) is 0 Å². The molecule has 1 aromatic rings. The number of rotatable bonds is 3. The van der Waals surface area contributed by atoms with Crippen molar-refractivity contribution in [1.29, 1.82) is 0 Å². The van der Waals surface area contributed by atoms with Gasteiger partial charge in [-0.1, -0.05) is 6.07 Å². The van der Waals surface area contributed by atoms with Crippen molar-refractivity contribution in [2.75, 3.05) is 11.9 Å². The van der Waals surface area contributed by atoms with Gasteiger partial charge in [-0.3, -0.25) is 9.59 Å². The Labute approximate surface area is 124 Å². The zero-order valence-corrected chi connectivity index (χ0v) is 12.0. The highest BCUT2D eigenvalue weighted by Gasteiger charge is 2.48. The molecule has 4 nitrogen and oxygen atoms in total. The van der Waals surface area contributed by atoms with E-state index in [1.54, 1.807) is 0 Å². The van der Waals surface area contributed by atoms with Crippen molar-refractivity contribution < 1.29 is 9.59 Å². The van der Waals surface area contributed by atoms with Crippen LogP contribution in [0.3, 0.4) is 0 Å². The molecule has 2 N–H and O–H groups in total. The summed E-state index contributed by atoms with van der Waals surface area (Å²) in [4.78, 5) is 24.1. The lowest BCUT2D eigenvalue weighted by Gasteiger charge is -2.20. The lowest BCUT2D eigenvalue weighted by atomic mass is 9.97. The number of anilines is 1. The predicted molar refractivity (Wildman–Crippen MR) is 80.0 cm³/mol. The number of carbonyl (C=O) groups excluding carboxylic acids is 2. The zero-order chi connectivity index (χ0) is 14.4. The van der Waals surface area contributed by atoms with E-state index in [2.05, 4.69) is 10.6 Å². The van der Waals surface area contributed by atoms with E-state index >= 15 is 0 Å². The maximum Gasteiger partial charge on any atom is 0.251 e. The molecule has 110 valence electrons. The first-order valence-corrected chi connectivity index (χ1v) is 7.92. The van der Waals surface area contributed by atoms with E-state index in [-0.39, 0.29) is 11.8 Å². The highest BCUT2D eigenvalue weighted by molar-refractivity contribution is 6.00. The zero-order valence-electron chi connectivity index (χ0n) is 12.0. The first-order chi connectivity index (χ1) is 10.2. The van der Waals surface area contributed by atoms with Gasteiger partial charge in [-0.15, -0.1) is 0 Å². The minimum absolute atomic E-state index is 0.0380. The number of fused-ring (bicyclic) bond motifs is 2. The van der Waals surface area contributed by atoms with Gasteiger partial charge in [0.25, 0.3) is 5.91 Å². The van der Waals surface area contributed by atoms with Crippen LogP contribution in [0.25, 0.3) is 0 Å². The first-order valence-electron chi connectivity index (χ1n) is 7.92. The van der Waals surface area contributed by atoms with E-state index in [9.17, 15) is 9.59 Å². The van der Waals surface area contributed by atoms with Gasteiger partial charge in [0.2, 0.25) is 5.91 Å². The van der Waals surface area contributed by atoms with Crippen molar-refractivity contribution >= 4 is 17.5 Å². The van der Waals surface area contributed by atoms with E-state index in [1.165, 1.54) is 19.3 Å². The van der Waals surface area contributed by atoms with Gasteiger partial charge in [0.05, 0.1) is 0 Å². The normalized spacial score (nSPS) is 29.3. The summed E-state index contributed by atoms with van der Waals surface area (Å²) in [5.74, 6) is 2.37. The summed E-state index contributed by atoms with van der Waals surface area (Å²) in [5.41, 5.74) is 2.49. The predicted octanol–water partition coefficient (Wildman–Crippen LogP) is 2.35. The molecule has 1 aliphatic heterocycles. The SMILES string of the molecule is O=C(CC1CCC2CC12)Nc1cccc2c1CCNC2=O. The summed E-state index contributed by atoms with van der Waals surface area (Å²) in [6.07, 6.45) is 5.27. The fourth-order valence-electron chi connectivity index (χ4n) is 4.10. The van der Waals surface area contributed by atoms with Crippen molar-refractivity contribution in [3.63, 3.8) is 0 Å². The molecular formula is C17H20N2O2. The number of hydrogen-bond donors (Lipinski definition) is 2. The average molecular weight is 284 g/mol. The second-order valence-electron chi connectivity index (χ2n) is 6.59. The lowest BCUT2D eigenvalue weighted by molar-refractivity contribution is -0.117. The van der Waals surface area contributed by atoms with Gasteiger partial charge in [-0.25, -0.2) is 0 Å². The quantitative estimate of drug-likeness (QED) is 0.895. The summed E-state index contributed by atoms with van der Waals surface area (Å²) in [7, 11) is 0. The minimum Gasteiger partial charge on any atom is -0.352 e. The molecule has 2 amide bonds. The third-order valence-corrected chi connectivity index (χ3v) is 5.29. The summed E-state index contributed by atoms with van der Waals surface area (Å²) in [5, 5.41) is 5.87. The molecule has 21 heavy (non-hydrogen) atoms. The van der Waals surface area contributed by atoms with Crippen LogP contribution in [0, 0.1) is 17.8 Å². The average Bonchev–Trinajstić information content (AvgIpc) is 3.16. The second kappa shape index (κ2) is 4.86. The molecule has 0 aromatic heterocycles. The van der Waals surface area contributed by atoms with Crippen LogP contribution < -0.4 is 10.6 Å². The minimum atomic E-state index is -0.0380. The van der Waals surface area contributed by atoms with Gasteiger partial charge in [-0.05, 0) is 61.1 Å². The standard InChI is InChI=1S/C17H20N2O2/c20-16(9-11-5-4-10-8-14(10)11)19-15-3-1-2-13-12(15)6-7-18-17(13)21/h1-3,10-11,14H,4-9H2,(H,18,21)(H,19,20). The Morgan fingerprint density at radius 2 is 2.24 bits per heavy atom. The number of benzene rings is 1. The summed E-state index contributed by atoms with van der Waals surface area (Å²) in [6, 6.07) is 5.57. The summed E-state index contributed by atoms with van der Waals surface area (Å²) < 4.78 is 0. The number of carbonyl (C=O) groups is 2. The molecule has 2 saturated carbocycles. The van der Waals surface area contributed by atoms with Crippen LogP contribution in [0.15, 0.2) is 18.2 Å². The van der Waals surface area contributed by atoms with Gasteiger partial charge in [0.1, 0.15) is 0 Å². The molecule has 3 aliphatic rings. The lowest BCUT2D eigenvalue weighted by Crippen LogP contribution is -2.32. The maximum absolute atomic E-state index is 12.3. The van der Waals surface area contributed by atoms with E-state index in [0.29, 0.717) is 24.4 Å². The van der Waals surface area contributed by atoms with Crippen LogP contribution in [-0.4, -0.2) is 18.4 Å². The largest absolute Gasteiger partial charge is 0.352 e. The second-order valence-corrected chi connectivity index (χ2v) is 6.59. The van der Waals surface area contributed by atoms with E-state index in [0.717, 1.165) is 29.5 Å². The summed E-state index contributed by atoms with van der Waals surface area (Å²) in [6.45, 7) is 0.644. The molecule has 0 bridgehead atoms. The van der Waals surface area contributed by atoms with Crippen LogP contribution in [0.2, 0.25) is 0 Å². The fourth-order valence-corrected chi connectivity index (χ4v) is 4.10. The first kappa shape index (κ1) is 12.9. The smallest absolute Gasteiger partial charge is 0.251 e. The van der Waals surface area contributed by atoms with E-state index in [1.807, 2.05) is 18.2 Å². The Morgan fingerprint density at radius 3 is 3.00 bits per heavy atom. The Morgan fingerprint density at radius 1 is 1.33 bits per heavy atom. The molecule has 2 fully saturated rings. The molecule has 2 aliphatic carbocycles. The Hall–Kier alpha value is -1.84. The van der Waals surface area contributed by atoms with Crippen LogP contribution in [0.5, 0.6) is 0 Å². The molecule has 0 radical (unpaired) electrons. The topological polar surface area (TPSA) is 58.2 Å². The van der Waals surface area contributed by atoms with Gasteiger partial charge < -0.3 is 10.6 Å². The Bertz CT molecular complexity index is 611. The van der Waals surface area contributed by atoms with Crippen molar-refractivity contribution in [3.05, 3.63) is 29.3 Å². The van der Waals surface area contributed by atoms with Crippen LogP contribution in [0.1, 0.15) is 41.6 Å². The molecule has 1 heterocycles. The number of hydrogen-bond acceptors (Lipinski definition) is 2. The molecule has 3 unspecified atom stereocenters. The molecule has 4 heteroatoms. The highest BCUT2D eigenvalue weighted by Crippen LogP contribution is 2.56. The van der Waals surface area contributed by atoms with Crippen molar-refractivity contribution in [2.24, 2.45) is 17.8 Å². The summed E-state index contributed by atoms with van der Waals surface area (Å²) >= 11 is 0. The third-order valence-electron chi connectivity index (χ3n) is 5.29. The van der Waals surface area contributed by atoms with Crippen LogP contribution in [-0.2, 0) is 11.2 Å². The van der Waals surface area contributed by atoms with Crippen LogP contribution >= 0.6 is 0 Å². The van der Waals surface area contributed by atoms with Crippen molar-refractivity contribution in [2.45, 2.75) is 32.1 Å². The molecular weight excluding hydrogens is 264 g/mol. The van der Waals surface area contributed by atoms with Gasteiger partial charge in [0, 0.05) is 24.2 Å². The fraction of sp³-hybridized carbons (Fsp3) is 0.529. The highest BCUT2D eigenvalue weighted by atomic mass is 16.2. The van der Waals surface area contributed by atoms with Gasteiger partial charge >= 0.3 is 0 Å². The monoisotopic (exact) mass is 284 g/mol. The Balaban J connectivity index is 1.48.